The van der Waals surface area contributed by atoms with Crippen LogP contribution in [0.3, 0.4) is 0 Å². The molecule has 0 aliphatic rings. The summed E-state index contributed by atoms with van der Waals surface area (Å²) in [5, 5.41) is 6.16. The van der Waals surface area contributed by atoms with Gasteiger partial charge in [-0.15, -0.1) is 0 Å². The van der Waals surface area contributed by atoms with Gasteiger partial charge in [-0.05, 0) is 42.3 Å². The molecule has 0 unspecified atom stereocenters. The summed E-state index contributed by atoms with van der Waals surface area (Å²) in [5.41, 5.74) is 2.47. The van der Waals surface area contributed by atoms with Crippen molar-refractivity contribution in [3.8, 4) is 0 Å². The Morgan fingerprint density at radius 3 is 2.32 bits per heavy atom. The molecular formula is C24H27F3N5O4P. The lowest BCUT2D eigenvalue weighted by Gasteiger charge is -2.19. The fraction of sp³-hybridized carbons (Fsp3) is 0.292. The Bertz CT molecular complexity index is 1190. The summed E-state index contributed by atoms with van der Waals surface area (Å²) in [6, 6.07) is 12.9. The topological polar surface area (TPSA) is 107 Å². The molecule has 1 heterocycles. The molecule has 0 atom stereocenters. The quantitative estimate of drug-likeness (QED) is 0.217. The van der Waals surface area contributed by atoms with E-state index in [2.05, 4.69) is 26.1 Å². The molecule has 37 heavy (non-hydrogen) atoms. The van der Waals surface area contributed by atoms with E-state index < -0.39 is 31.8 Å². The minimum Gasteiger partial charge on any atom is -0.339 e. The number of carbonyl (C=O) groups is 1. The van der Waals surface area contributed by atoms with Gasteiger partial charge in [-0.25, -0.2) is 10.5 Å². The first-order chi connectivity index (χ1) is 17.6. The maximum atomic E-state index is 13.7. The molecule has 9 nitrogen and oxygen atoms in total. The third-order valence-corrected chi connectivity index (χ3v) is 6.21. The van der Waals surface area contributed by atoms with E-state index in [9.17, 15) is 18.0 Å². The van der Waals surface area contributed by atoms with Crippen LogP contribution in [-0.4, -0.2) is 36.7 Å². The van der Waals surface area contributed by atoms with Gasteiger partial charge in [0, 0.05) is 31.7 Å². The van der Waals surface area contributed by atoms with Crippen molar-refractivity contribution in [3.63, 3.8) is 0 Å². The second-order valence-electron chi connectivity index (χ2n) is 8.06. The minimum atomic E-state index is -4.70. The molecule has 0 spiro atoms. The molecule has 3 aromatic rings. The van der Waals surface area contributed by atoms with E-state index in [4.69, 9.17) is 13.9 Å². The van der Waals surface area contributed by atoms with Gasteiger partial charge in [0.15, 0.2) is 0 Å². The summed E-state index contributed by atoms with van der Waals surface area (Å²) in [5.74, 6) is -0.690. The molecule has 0 aliphatic carbocycles. The van der Waals surface area contributed by atoms with Crippen molar-refractivity contribution in [3.05, 3.63) is 65.9 Å². The van der Waals surface area contributed by atoms with Crippen LogP contribution in [0, 0.1) is 5.92 Å². The van der Waals surface area contributed by atoms with Crippen molar-refractivity contribution in [2.75, 3.05) is 31.5 Å². The van der Waals surface area contributed by atoms with Crippen molar-refractivity contribution in [2.24, 2.45) is 5.92 Å². The van der Waals surface area contributed by atoms with Crippen LogP contribution >= 0.6 is 8.38 Å². The number of rotatable bonds is 11. The molecule has 0 bridgehead atoms. The van der Waals surface area contributed by atoms with Gasteiger partial charge in [0.05, 0.1) is 17.6 Å². The van der Waals surface area contributed by atoms with E-state index in [1.54, 1.807) is 36.4 Å². The van der Waals surface area contributed by atoms with Gasteiger partial charge < -0.3 is 19.7 Å². The molecule has 0 fully saturated rings. The number of hydroxylamine groups is 1. The van der Waals surface area contributed by atoms with E-state index in [1.807, 2.05) is 13.8 Å². The third-order valence-electron chi connectivity index (χ3n) is 4.76. The number of nitrogens with zero attached hydrogens (tertiary/aromatic N) is 2. The van der Waals surface area contributed by atoms with Crippen molar-refractivity contribution >= 4 is 42.7 Å². The average Bonchev–Trinajstić information content (AvgIpc) is 2.85. The van der Waals surface area contributed by atoms with Gasteiger partial charge >= 0.3 is 6.18 Å². The summed E-state index contributed by atoms with van der Waals surface area (Å²) in [7, 11) is 1.39. The highest BCUT2D eigenvalue weighted by atomic mass is 31.2. The predicted molar refractivity (Wildman–Crippen MR) is 135 cm³/mol. The lowest BCUT2D eigenvalue weighted by molar-refractivity contribution is -0.137. The summed E-state index contributed by atoms with van der Waals surface area (Å²) >= 11 is 0. The van der Waals surface area contributed by atoms with E-state index in [0.717, 1.165) is 0 Å². The van der Waals surface area contributed by atoms with Crippen molar-refractivity contribution in [2.45, 2.75) is 20.0 Å². The van der Waals surface area contributed by atoms with Crippen LogP contribution in [0.4, 0.5) is 36.3 Å². The number of hydrogen-bond acceptors (Lipinski definition) is 8. The first kappa shape index (κ1) is 28.3. The molecule has 198 valence electrons. The molecule has 2 aromatic carbocycles. The van der Waals surface area contributed by atoms with E-state index >= 15 is 0 Å². The van der Waals surface area contributed by atoms with Gasteiger partial charge in [-0.2, -0.15) is 18.2 Å². The van der Waals surface area contributed by atoms with Crippen molar-refractivity contribution in [1.29, 1.82) is 0 Å². The van der Waals surface area contributed by atoms with Crippen LogP contribution in [0.1, 0.15) is 29.8 Å². The minimum absolute atomic E-state index is 0.0776. The first-order valence-electron chi connectivity index (χ1n) is 11.1. The van der Waals surface area contributed by atoms with Gasteiger partial charge in [0.2, 0.25) is 14.3 Å². The van der Waals surface area contributed by atoms with Crippen LogP contribution in [0.5, 0.6) is 0 Å². The van der Waals surface area contributed by atoms with Crippen LogP contribution in [0.2, 0.25) is 0 Å². The fourth-order valence-corrected chi connectivity index (χ4v) is 4.13. The standard InChI is InChI=1S/C24H27F3N5O4P/c1-15(2)14-36-32-22(33)16-9-11-17(12-10-16)29-23-28-13-18(24(25,26)27)21(31-23)30-19-7-5-6-8-20(19)37(34-3)35-4/h5-13,15H,14H2,1-4H3,(H,32,33)(H2,28,29,30,31). The molecule has 13 heteroatoms. The Balaban J connectivity index is 1.83. The molecule has 3 N–H and O–H groups in total. The maximum Gasteiger partial charge on any atom is 0.421 e. The summed E-state index contributed by atoms with van der Waals surface area (Å²) in [6.45, 7) is 4.27. The lowest BCUT2D eigenvalue weighted by atomic mass is 10.2. The molecule has 0 saturated carbocycles. The predicted octanol–water partition coefficient (Wildman–Crippen LogP) is 5.53. The highest BCUT2D eigenvalue weighted by molar-refractivity contribution is 7.56. The molecule has 1 amide bonds. The molecular weight excluding hydrogens is 510 g/mol. The monoisotopic (exact) mass is 537 g/mol. The van der Waals surface area contributed by atoms with Crippen LogP contribution in [0.25, 0.3) is 0 Å². The summed E-state index contributed by atoms with van der Waals surface area (Å²) in [4.78, 5) is 25.2. The number of amides is 1. The molecule has 3 rings (SSSR count). The normalized spacial score (nSPS) is 11.6. The van der Waals surface area contributed by atoms with E-state index in [0.29, 0.717) is 35.0 Å². The Kier molecular flexibility index (Phi) is 9.76. The highest BCUT2D eigenvalue weighted by Gasteiger charge is 2.35. The Morgan fingerprint density at radius 1 is 1.03 bits per heavy atom. The van der Waals surface area contributed by atoms with Crippen LogP contribution in [-0.2, 0) is 20.1 Å². The number of aromatic nitrogens is 2. The molecule has 0 aliphatic heterocycles. The average molecular weight is 537 g/mol. The van der Waals surface area contributed by atoms with Crippen LogP contribution < -0.4 is 21.4 Å². The van der Waals surface area contributed by atoms with E-state index in [1.165, 1.54) is 26.4 Å². The fourth-order valence-electron chi connectivity index (χ4n) is 3.05. The number of halogens is 3. The number of para-hydroxylation sites is 1. The number of carbonyl (C=O) groups excluding carboxylic acids is 1. The number of hydrogen-bond donors (Lipinski definition) is 3. The zero-order chi connectivity index (χ0) is 27.0. The summed E-state index contributed by atoms with van der Waals surface area (Å²) in [6.07, 6.45) is -4.00. The van der Waals surface area contributed by atoms with Crippen molar-refractivity contribution in [1.82, 2.24) is 15.4 Å². The van der Waals surface area contributed by atoms with Gasteiger partial charge in [-0.3, -0.25) is 9.63 Å². The Labute approximate surface area is 213 Å². The molecule has 0 saturated heterocycles. The Hall–Kier alpha value is -3.31. The zero-order valence-electron chi connectivity index (χ0n) is 20.6. The second-order valence-corrected chi connectivity index (χ2v) is 9.78. The van der Waals surface area contributed by atoms with Gasteiger partial charge in [0.25, 0.3) is 5.91 Å². The van der Waals surface area contributed by atoms with Gasteiger partial charge in [-0.1, -0.05) is 26.0 Å². The summed E-state index contributed by atoms with van der Waals surface area (Å²) < 4.78 is 51.8. The zero-order valence-corrected chi connectivity index (χ0v) is 21.5. The van der Waals surface area contributed by atoms with E-state index in [-0.39, 0.29) is 11.9 Å². The molecule has 0 radical (unpaired) electrons. The number of alkyl halides is 3. The van der Waals surface area contributed by atoms with Gasteiger partial charge in [0.1, 0.15) is 11.4 Å². The number of benzene rings is 2. The maximum absolute atomic E-state index is 13.7. The van der Waals surface area contributed by atoms with Crippen LogP contribution in [0.15, 0.2) is 54.7 Å². The lowest BCUT2D eigenvalue weighted by Crippen LogP contribution is -2.25. The SMILES string of the molecule is COP(OC)c1ccccc1Nc1nc(Nc2ccc(C(=O)NOCC(C)C)cc2)ncc1C(F)(F)F. The second kappa shape index (κ2) is 12.8. The number of anilines is 4. The van der Waals surface area contributed by atoms with Crippen molar-refractivity contribution < 1.29 is 31.9 Å². The molecule has 1 aromatic heterocycles. The number of nitrogens with one attached hydrogen (secondary N) is 3. The smallest absolute Gasteiger partial charge is 0.339 e. The first-order valence-corrected chi connectivity index (χ1v) is 12.3. The largest absolute Gasteiger partial charge is 0.421 e. The Morgan fingerprint density at radius 2 is 1.70 bits per heavy atom. The highest BCUT2D eigenvalue weighted by Crippen LogP contribution is 2.40. The third kappa shape index (κ3) is 7.83.